The summed E-state index contributed by atoms with van der Waals surface area (Å²) in [5, 5.41) is 7.88. The summed E-state index contributed by atoms with van der Waals surface area (Å²) in [6, 6.07) is 3.47. The molecule has 2 heterocycles. The molecule has 0 bridgehead atoms. The molecule has 2 aromatic heterocycles. The highest BCUT2D eigenvalue weighted by Gasteiger charge is 2.10. The molecule has 2 rings (SSSR count). The Bertz CT molecular complexity index is 530. The lowest BCUT2D eigenvalue weighted by Crippen LogP contribution is -2.05. The van der Waals surface area contributed by atoms with Crippen molar-refractivity contribution in [3.05, 3.63) is 23.4 Å². The molecule has 0 aromatic carbocycles. The summed E-state index contributed by atoms with van der Waals surface area (Å²) in [6.07, 6.45) is 0.812. The molecule has 0 radical (unpaired) electrons. The van der Waals surface area contributed by atoms with E-state index in [-0.39, 0.29) is 0 Å². The number of rotatable bonds is 3. The third-order valence-corrected chi connectivity index (χ3v) is 2.68. The molecule has 0 amide bonds. The Morgan fingerprint density at radius 2 is 2.00 bits per heavy atom. The van der Waals surface area contributed by atoms with Crippen LogP contribution in [0.4, 0.5) is 5.82 Å². The molecule has 0 atom stereocenters. The number of nitrogens with two attached hydrogens (primary N) is 1. The van der Waals surface area contributed by atoms with Gasteiger partial charge < -0.3 is 10.5 Å². The summed E-state index contributed by atoms with van der Waals surface area (Å²) < 4.78 is 4.95. The van der Waals surface area contributed by atoms with E-state index in [4.69, 9.17) is 10.5 Å². The molecule has 94 valence electrons. The SMILES string of the molecule is CCc1c(C)nc(-c2ccc(OC)nn2)nc1N. The molecule has 0 aliphatic heterocycles. The van der Waals surface area contributed by atoms with Crippen molar-refractivity contribution in [3.8, 4) is 17.4 Å². The molecule has 0 fully saturated rings. The lowest BCUT2D eigenvalue weighted by atomic mass is 10.1. The van der Waals surface area contributed by atoms with Gasteiger partial charge in [-0.05, 0) is 19.4 Å². The van der Waals surface area contributed by atoms with E-state index >= 15 is 0 Å². The number of hydrogen-bond acceptors (Lipinski definition) is 6. The van der Waals surface area contributed by atoms with Crippen LogP contribution < -0.4 is 10.5 Å². The molecule has 0 spiro atoms. The minimum Gasteiger partial charge on any atom is -0.480 e. The van der Waals surface area contributed by atoms with Crippen LogP contribution >= 0.6 is 0 Å². The average Bonchev–Trinajstić information content (AvgIpc) is 2.38. The van der Waals surface area contributed by atoms with Gasteiger partial charge in [-0.3, -0.25) is 0 Å². The number of aryl methyl sites for hydroxylation is 1. The summed E-state index contributed by atoms with van der Waals surface area (Å²) >= 11 is 0. The quantitative estimate of drug-likeness (QED) is 0.879. The molecule has 2 N–H and O–H groups in total. The zero-order chi connectivity index (χ0) is 13.1. The van der Waals surface area contributed by atoms with E-state index in [2.05, 4.69) is 20.2 Å². The molecule has 18 heavy (non-hydrogen) atoms. The Labute approximate surface area is 105 Å². The fourth-order valence-corrected chi connectivity index (χ4v) is 1.72. The third kappa shape index (κ3) is 2.22. The minimum absolute atomic E-state index is 0.452. The predicted molar refractivity (Wildman–Crippen MR) is 68.1 cm³/mol. The van der Waals surface area contributed by atoms with Gasteiger partial charge in [-0.15, -0.1) is 10.2 Å². The lowest BCUT2D eigenvalue weighted by Gasteiger charge is -2.08. The molecule has 0 unspecified atom stereocenters. The van der Waals surface area contributed by atoms with Crippen LogP contribution in [0.5, 0.6) is 5.88 Å². The van der Waals surface area contributed by atoms with E-state index in [1.165, 1.54) is 0 Å². The highest BCUT2D eigenvalue weighted by Crippen LogP contribution is 2.19. The van der Waals surface area contributed by atoms with Gasteiger partial charge in [0.1, 0.15) is 11.5 Å². The maximum atomic E-state index is 5.90. The molecule has 0 aliphatic carbocycles. The van der Waals surface area contributed by atoms with E-state index in [1.54, 1.807) is 19.2 Å². The normalized spacial score (nSPS) is 10.4. The van der Waals surface area contributed by atoms with Crippen LogP contribution in [0.3, 0.4) is 0 Å². The Morgan fingerprint density at radius 3 is 2.50 bits per heavy atom. The zero-order valence-electron chi connectivity index (χ0n) is 10.6. The Kier molecular flexibility index (Phi) is 3.36. The van der Waals surface area contributed by atoms with Crippen molar-refractivity contribution in [2.24, 2.45) is 0 Å². The maximum Gasteiger partial charge on any atom is 0.233 e. The summed E-state index contributed by atoms with van der Waals surface area (Å²) in [5.41, 5.74) is 8.32. The fourth-order valence-electron chi connectivity index (χ4n) is 1.72. The van der Waals surface area contributed by atoms with Crippen molar-refractivity contribution < 1.29 is 4.74 Å². The first-order valence-corrected chi connectivity index (χ1v) is 5.66. The van der Waals surface area contributed by atoms with Crippen LogP contribution in [0.25, 0.3) is 11.5 Å². The third-order valence-electron chi connectivity index (χ3n) is 2.68. The smallest absolute Gasteiger partial charge is 0.233 e. The van der Waals surface area contributed by atoms with E-state index in [0.717, 1.165) is 17.7 Å². The van der Waals surface area contributed by atoms with E-state index in [1.807, 2.05) is 13.8 Å². The molecular formula is C12H15N5O. The lowest BCUT2D eigenvalue weighted by molar-refractivity contribution is 0.392. The first-order valence-electron chi connectivity index (χ1n) is 5.66. The van der Waals surface area contributed by atoms with Gasteiger partial charge in [0, 0.05) is 17.3 Å². The first-order chi connectivity index (χ1) is 8.65. The number of ether oxygens (including phenoxy) is 1. The highest BCUT2D eigenvalue weighted by molar-refractivity contribution is 5.54. The van der Waals surface area contributed by atoms with Gasteiger partial charge in [0.05, 0.1) is 7.11 Å². The van der Waals surface area contributed by atoms with Crippen LogP contribution in [0, 0.1) is 6.92 Å². The second kappa shape index (κ2) is 4.95. The van der Waals surface area contributed by atoms with E-state index in [0.29, 0.717) is 23.2 Å². The largest absolute Gasteiger partial charge is 0.480 e. The van der Waals surface area contributed by atoms with Crippen LogP contribution in [0.2, 0.25) is 0 Å². The number of nitrogen functional groups attached to an aromatic ring is 1. The van der Waals surface area contributed by atoms with Crippen LogP contribution in [0.15, 0.2) is 12.1 Å². The van der Waals surface area contributed by atoms with Gasteiger partial charge in [-0.2, -0.15) is 0 Å². The number of nitrogens with zero attached hydrogens (tertiary/aromatic N) is 4. The summed E-state index contributed by atoms with van der Waals surface area (Å²) in [6.45, 7) is 3.94. The van der Waals surface area contributed by atoms with E-state index < -0.39 is 0 Å². The Hall–Kier alpha value is -2.24. The molecule has 2 aromatic rings. The standard InChI is InChI=1S/C12H15N5O/c1-4-8-7(2)14-12(15-11(8)13)9-5-6-10(18-3)17-16-9/h5-6H,4H2,1-3H3,(H2,13,14,15). The zero-order valence-corrected chi connectivity index (χ0v) is 10.6. The van der Waals surface area contributed by atoms with Gasteiger partial charge in [-0.25, -0.2) is 9.97 Å². The van der Waals surface area contributed by atoms with E-state index in [9.17, 15) is 0 Å². The first kappa shape index (κ1) is 12.2. The van der Waals surface area contributed by atoms with Crippen molar-refractivity contribution in [3.63, 3.8) is 0 Å². The highest BCUT2D eigenvalue weighted by atomic mass is 16.5. The van der Waals surface area contributed by atoms with Crippen LogP contribution in [-0.4, -0.2) is 27.3 Å². The van der Waals surface area contributed by atoms with Crippen molar-refractivity contribution in [1.29, 1.82) is 0 Å². The minimum atomic E-state index is 0.452. The van der Waals surface area contributed by atoms with Gasteiger partial charge in [0.2, 0.25) is 5.88 Å². The molecule has 0 aliphatic rings. The maximum absolute atomic E-state index is 5.90. The van der Waals surface area contributed by atoms with Gasteiger partial charge in [0.25, 0.3) is 0 Å². The average molecular weight is 245 g/mol. The second-order valence-corrected chi connectivity index (χ2v) is 3.81. The predicted octanol–water partition coefficient (Wildman–Crippen LogP) is 1.40. The Morgan fingerprint density at radius 1 is 1.22 bits per heavy atom. The molecular weight excluding hydrogens is 230 g/mol. The summed E-state index contributed by atoms with van der Waals surface area (Å²) in [4.78, 5) is 8.65. The number of anilines is 1. The van der Waals surface area contributed by atoms with Crippen molar-refractivity contribution in [2.45, 2.75) is 20.3 Å². The molecule has 0 saturated heterocycles. The van der Waals surface area contributed by atoms with Crippen molar-refractivity contribution in [1.82, 2.24) is 20.2 Å². The molecule has 6 nitrogen and oxygen atoms in total. The van der Waals surface area contributed by atoms with Gasteiger partial charge in [-0.1, -0.05) is 6.92 Å². The molecule has 6 heteroatoms. The number of methoxy groups -OCH3 is 1. The second-order valence-electron chi connectivity index (χ2n) is 3.81. The summed E-state index contributed by atoms with van der Waals surface area (Å²) in [5.74, 6) is 1.43. The number of aromatic nitrogens is 4. The van der Waals surface area contributed by atoms with Crippen molar-refractivity contribution >= 4 is 5.82 Å². The summed E-state index contributed by atoms with van der Waals surface area (Å²) in [7, 11) is 1.54. The van der Waals surface area contributed by atoms with Gasteiger partial charge >= 0.3 is 0 Å². The fraction of sp³-hybridized carbons (Fsp3) is 0.333. The topological polar surface area (TPSA) is 86.8 Å². The van der Waals surface area contributed by atoms with Gasteiger partial charge in [0.15, 0.2) is 5.82 Å². The van der Waals surface area contributed by atoms with Crippen LogP contribution in [-0.2, 0) is 6.42 Å². The van der Waals surface area contributed by atoms with Crippen LogP contribution in [0.1, 0.15) is 18.2 Å². The Balaban J connectivity index is 2.44. The molecule has 0 saturated carbocycles. The monoisotopic (exact) mass is 245 g/mol. The van der Waals surface area contributed by atoms with Crippen molar-refractivity contribution in [2.75, 3.05) is 12.8 Å². The number of hydrogen-bond donors (Lipinski definition) is 1.